The molecule has 14 heavy (non-hydrogen) atoms. The van der Waals surface area contributed by atoms with Crippen molar-refractivity contribution in [2.24, 2.45) is 7.05 Å². The molecule has 0 atom stereocenters. The van der Waals surface area contributed by atoms with E-state index in [1.807, 2.05) is 6.07 Å². The molecule has 1 aromatic carbocycles. The lowest BCUT2D eigenvalue weighted by molar-refractivity contribution is 0.265. The first-order valence-corrected chi connectivity index (χ1v) is 4.09. The molecule has 72 valence electrons. The Labute approximate surface area is 79.3 Å². The molecule has 0 spiro atoms. The molecule has 2 rings (SSSR count). The van der Waals surface area contributed by atoms with Gasteiger partial charge in [0.05, 0.1) is 12.7 Å². The van der Waals surface area contributed by atoms with E-state index in [9.17, 15) is 4.79 Å². The van der Waals surface area contributed by atoms with Crippen molar-refractivity contribution in [3.05, 3.63) is 46.5 Å². The van der Waals surface area contributed by atoms with Crippen LogP contribution >= 0.6 is 0 Å². The molecule has 5 nitrogen and oxygen atoms in total. The van der Waals surface area contributed by atoms with Crippen molar-refractivity contribution in [3.8, 4) is 5.69 Å². The minimum atomic E-state index is -0.360. The Morgan fingerprint density at radius 1 is 1.29 bits per heavy atom. The lowest BCUT2D eigenvalue weighted by Gasteiger charge is -1.96. The van der Waals surface area contributed by atoms with Crippen molar-refractivity contribution in [3.63, 3.8) is 0 Å². The van der Waals surface area contributed by atoms with Crippen LogP contribution in [-0.2, 0) is 7.05 Å². The van der Waals surface area contributed by atoms with Crippen molar-refractivity contribution in [2.45, 2.75) is 0 Å². The number of aromatic nitrogens is 2. The monoisotopic (exact) mass is 191 g/mol. The molecule has 1 N–H and O–H groups in total. The maximum absolute atomic E-state index is 11.5. The van der Waals surface area contributed by atoms with Gasteiger partial charge in [-0.2, -0.15) is 4.74 Å². The van der Waals surface area contributed by atoms with E-state index in [1.54, 1.807) is 24.3 Å². The van der Waals surface area contributed by atoms with Crippen molar-refractivity contribution in [2.75, 3.05) is 0 Å². The van der Waals surface area contributed by atoms with Crippen molar-refractivity contribution < 1.29 is 4.52 Å². The Morgan fingerprint density at radius 3 is 2.43 bits per heavy atom. The fourth-order valence-corrected chi connectivity index (χ4v) is 1.24. The molecule has 0 aliphatic carbocycles. The Hall–Kier alpha value is -2.04. The van der Waals surface area contributed by atoms with Gasteiger partial charge in [0.15, 0.2) is 0 Å². The highest BCUT2D eigenvalue weighted by molar-refractivity contribution is 5.29. The third kappa shape index (κ3) is 1.19. The average molecular weight is 191 g/mol. The molecule has 5 heteroatoms. The second-order valence-corrected chi connectivity index (χ2v) is 2.85. The first-order chi connectivity index (χ1) is 6.70. The molecule has 0 bridgehead atoms. The normalized spacial score (nSPS) is 10.4. The largest absolute Gasteiger partial charge is 0.365 e. The fraction of sp³-hybridized carbons (Fsp3) is 0.111. The van der Waals surface area contributed by atoms with Crippen LogP contribution in [0.15, 0.2) is 39.6 Å². The van der Waals surface area contributed by atoms with Gasteiger partial charge in [0.2, 0.25) is 0 Å². The Morgan fingerprint density at radius 2 is 1.93 bits per heavy atom. The Kier molecular flexibility index (Phi) is 1.85. The molecular formula is C9H9N3O2. The SMILES string of the molecule is Cn1oc(=N)n(-c2ccccc2)c1=O. The number of para-hydroxylation sites is 1. The van der Waals surface area contributed by atoms with Crippen LogP contribution in [-0.4, -0.2) is 9.31 Å². The molecule has 0 aliphatic heterocycles. The fourth-order valence-electron chi connectivity index (χ4n) is 1.24. The predicted octanol–water partition coefficient (Wildman–Crippen LogP) is 0.248. The number of rotatable bonds is 1. The number of hydrogen-bond donors (Lipinski definition) is 1. The van der Waals surface area contributed by atoms with Gasteiger partial charge in [-0.15, -0.1) is 0 Å². The van der Waals surface area contributed by atoms with Crippen LogP contribution in [0.1, 0.15) is 0 Å². The van der Waals surface area contributed by atoms with E-state index >= 15 is 0 Å². The lowest BCUT2D eigenvalue weighted by Crippen LogP contribution is -2.26. The van der Waals surface area contributed by atoms with Crippen LogP contribution < -0.4 is 11.4 Å². The third-order valence-electron chi connectivity index (χ3n) is 1.90. The summed E-state index contributed by atoms with van der Waals surface area (Å²) in [6.45, 7) is 0. The highest BCUT2D eigenvalue weighted by Gasteiger charge is 2.06. The molecule has 1 heterocycles. The summed E-state index contributed by atoms with van der Waals surface area (Å²) in [7, 11) is 1.47. The topological polar surface area (TPSA) is 63.9 Å². The van der Waals surface area contributed by atoms with Crippen LogP contribution in [0, 0.1) is 5.41 Å². The molecule has 0 unspecified atom stereocenters. The number of nitrogens with one attached hydrogen (secondary N) is 1. The van der Waals surface area contributed by atoms with E-state index < -0.39 is 0 Å². The number of aryl methyl sites for hydroxylation is 1. The van der Waals surface area contributed by atoms with E-state index in [0.717, 1.165) is 4.74 Å². The van der Waals surface area contributed by atoms with Gasteiger partial charge in [0.1, 0.15) is 0 Å². The van der Waals surface area contributed by atoms with Gasteiger partial charge < -0.3 is 4.52 Å². The summed E-state index contributed by atoms with van der Waals surface area (Å²) < 4.78 is 7.05. The van der Waals surface area contributed by atoms with Crippen LogP contribution in [0.25, 0.3) is 5.69 Å². The zero-order chi connectivity index (χ0) is 10.1. The zero-order valence-electron chi connectivity index (χ0n) is 7.60. The summed E-state index contributed by atoms with van der Waals surface area (Å²) in [5.41, 5.74) is 0.0942. The molecule has 0 fully saturated rings. The van der Waals surface area contributed by atoms with E-state index in [-0.39, 0.29) is 11.4 Å². The minimum Gasteiger partial charge on any atom is -0.336 e. The van der Waals surface area contributed by atoms with Crippen LogP contribution in [0.5, 0.6) is 0 Å². The van der Waals surface area contributed by atoms with Crippen LogP contribution in [0.4, 0.5) is 0 Å². The highest BCUT2D eigenvalue weighted by atomic mass is 16.5. The maximum atomic E-state index is 11.5. The molecule has 0 radical (unpaired) electrons. The van der Waals surface area contributed by atoms with Crippen LogP contribution in [0.3, 0.4) is 0 Å². The Balaban J connectivity index is 2.75. The molecular weight excluding hydrogens is 182 g/mol. The molecule has 0 amide bonds. The lowest BCUT2D eigenvalue weighted by atomic mass is 10.3. The molecule has 0 aliphatic rings. The minimum absolute atomic E-state index is 0.177. The van der Waals surface area contributed by atoms with E-state index in [1.165, 1.54) is 11.6 Å². The summed E-state index contributed by atoms with van der Waals surface area (Å²) >= 11 is 0. The van der Waals surface area contributed by atoms with E-state index in [4.69, 9.17) is 9.93 Å². The smallest absolute Gasteiger partial charge is 0.336 e. The van der Waals surface area contributed by atoms with Gasteiger partial charge in [-0.25, -0.2) is 14.8 Å². The number of nitrogens with zero attached hydrogens (tertiary/aromatic N) is 2. The molecule has 0 saturated heterocycles. The summed E-state index contributed by atoms with van der Waals surface area (Å²) in [5.74, 6) is 0. The first-order valence-electron chi connectivity index (χ1n) is 4.09. The summed E-state index contributed by atoms with van der Waals surface area (Å²) in [4.78, 5) is 11.5. The van der Waals surface area contributed by atoms with Gasteiger partial charge in [0.25, 0.3) is 0 Å². The van der Waals surface area contributed by atoms with Gasteiger partial charge in [-0.05, 0) is 12.1 Å². The van der Waals surface area contributed by atoms with E-state index in [0.29, 0.717) is 5.69 Å². The first kappa shape index (κ1) is 8.55. The molecule has 2 aromatic rings. The van der Waals surface area contributed by atoms with Gasteiger partial charge in [-0.3, -0.25) is 0 Å². The standard InChI is InChI=1S/C9H9N3O2/c1-11-9(13)12(8(10)14-11)7-5-3-2-4-6-7/h2-6,10H,1H3. The number of hydrogen-bond acceptors (Lipinski definition) is 3. The zero-order valence-corrected chi connectivity index (χ0v) is 7.60. The van der Waals surface area contributed by atoms with Gasteiger partial charge in [-0.1, -0.05) is 18.2 Å². The van der Waals surface area contributed by atoms with Crippen molar-refractivity contribution in [1.29, 1.82) is 5.41 Å². The third-order valence-corrected chi connectivity index (χ3v) is 1.90. The molecule has 1 aromatic heterocycles. The summed E-state index contributed by atoms with van der Waals surface area (Å²) in [6.07, 6.45) is 0. The van der Waals surface area contributed by atoms with E-state index in [2.05, 4.69) is 0 Å². The van der Waals surface area contributed by atoms with Crippen molar-refractivity contribution >= 4 is 0 Å². The second-order valence-electron chi connectivity index (χ2n) is 2.85. The molecule has 0 saturated carbocycles. The predicted molar refractivity (Wildman–Crippen MR) is 49.1 cm³/mol. The van der Waals surface area contributed by atoms with Crippen molar-refractivity contribution in [1.82, 2.24) is 9.31 Å². The number of benzene rings is 1. The maximum Gasteiger partial charge on any atom is 0.365 e. The summed E-state index contributed by atoms with van der Waals surface area (Å²) in [6, 6.07) is 8.94. The van der Waals surface area contributed by atoms with Crippen LogP contribution in [0.2, 0.25) is 0 Å². The van der Waals surface area contributed by atoms with Gasteiger partial charge >= 0.3 is 11.4 Å². The second kappa shape index (κ2) is 3.02. The average Bonchev–Trinajstić information content (AvgIpc) is 2.43. The highest BCUT2D eigenvalue weighted by Crippen LogP contribution is 1.99. The summed E-state index contributed by atoms with van der Waals surface area (Å²) in [5, 5.41) is 7.45. The quantitative estimate of drug-likeness (QED) is 0.702. The Bertz CT molecular complexity index is 547. The van der Waals surface area contributed by atoms with Gasteiger partial charge in [0, 0.05) is 0 Å².